The Morgan fingerprint density at radius 3 is 2.32 bits per heavy atom. The summed E-state index contributed by atoms with van der Waals surface area (Å²) in [5.74, 6) is -0.165. The summed E-state index contributed by atoms with van der Waals surface area (Å²) < 4.78 is 5.20. The van der Waals surface area contributed by atoms with Gasteiger partial charge in [0.25, 0.3) is 11.6 Å². The highest BCUT2D eigenvalue weighted by Crippen LogP contribution is 2.31. The second-order valence-electron chi connectivity index (χ2n) is 8.49. The second kappa shape index (κ2) is 11.0. The van der Waals surface area contributed by atoms with Crippen LogP contribution in [-0.2, 0) is 9.53 Å². The number of nitro groups is 1. The summed E-state index contributed by atoms with van der Waals surface area (Å²) >= 11 is 0. The van der Waals surface area contributed by atoms with E-state index in [1.807, 2.05) is 23.1 Å². The summed E-state index contributed by atoms with van der Waals surface area (Å²) in [5, 5.41) is 11.7. The summed E-state index contributed by atoms with van der Waals surface area (Å²) in [4.78, 5) is 46.4. The lowest BCUT2D eigenvalue weighted by molar-refractivity contribution is -0.384. The lowest BCUT2D eigenvalue weighted by Crippen LogP contribution is -2.50. The van der Waals surface area contributed by atoms with Gasteiger partial charge in [-0.25, -0.2) is 9.78 Å². The lowest BCUT2D eigenvalue weighted by atomic mass is 10.1. The van der Waals surface area contributed by atoms with Crippen LogP contribution in [0.25, 0.3) is 0 Å². The van der Waals surface area contributed by atoms with E-state index < -0.39 is 17.5 Å². The molecule has 1 aromatic heterocycles. The number of benzene rings is 1. The molecule has 0 spiro atoms. The van der Waals surface area contributed by atoms with Gasteiger partial charge in [0.2, 0.25) is 0 Å². The molecule has 2 aromatic rings. The Balaban J connectivity index is 1.33. The van der Waals surface area contributed by atoms with Crippen molar-refractivity contribution < 1.29 is 19.2 Å². The van der Waals surface area contributed by atoms with Crippen LogP contribution in [-0.4, -0.2) is 72.6 Å². The van der Waals surface area contributed by atoms with Crippen LogP contribution in [0.3, 0.4) is 0 Å². The van der Waals surface area contributed by atoms with Crippen molar-refractivity contribution in [2.75, 3.05) is 55.7 Å². The third kappa shape index (κ3) is 5.62. The zero-order valence-electron chi connectivity index (χ0n) is 19.1. The predicted molar refractivity (Wildman–Crippen MR) is 127 cm³/mol. The monoisotopic (exact) mass is 467 g/mol. The summed E-state index contributed by atoms with van der Waals surface area (Å²) in [6, 6.07) is 10.1. The zero-order chi connectivity index (χ0) is 23.9. The van der Waals surface area contributed by atoms with Crippen molar-refractivity contribution in [3.63, 3.8) is 0 Å². The average molecular weight is 468 g/mol. The van der Waals surface area contributed by atoms with Crippen molar-refractivity contribution in [2.45, 2.75) is 25.7 Å². The number of nitro benzene ring substituents is 1. The SMILES string of the molecule is O=C(OCC(=O)N1CCN(c2ccccn2)CC1)c1ccc(N2CCCCCC2)c([N+](=O)[O-])c1. The number of esters is 1. The molecule has 3 heterocycles. The fourth-order valence-corrected chi connectivity index (χ4v) is 4.40. The molecular weight excluding hydrogens is 438 g/mol. The lowest BCUT2D eigenvalue weighted by Gasteiger charge is -2.35. The Morgan fingerprint density at radius 1 is 0.941 bits per heavy atom. The fraction of sp³-hybridized carbons (Fsp3) is 0.458. The highest BCUT2D eigenvalue weighted by molar-refractivity contribution is 5.93. The average Bonchev–Trinajstić information content (AvgIpc) is 3.17. The largest absolute Gasteiger partial charge is 0.452 e. The molecule has 0 aliphatic carbocycles. The van der Waals surface area contributed by atoms with Crippen LogP contribution in [0.4, 0.5) is 17.2 Å². The molecule has 2 saturated heterocycles. The van der Waals surface area contributed by atoms with Gasteiger partial charge in [-0.1, -0.05) is 18.9 Å². The Hall–Kier alpha value is -3.69. The first-order chi connectivity index (χ1) is 16.5. The number of piperazine rings is 1. The maximum absolute atomic E-state index is 12.5. The minimum Gasteiger partial charge on any atom is -0.452 e. The highest BCUT2D eigenvalue weighted by atomic mass is 16.6. The van der Waals surface area contributed by atoms with Gasteiger partial charge in [-0.05, 0) is 37.1 Å². The van der Waals surface area contributed by atoms with Gasteiger partial charge < -0.3 is 19.4 Å². The zero-order valence-corrected chi connectivity index (χ0v) is 19.1. The molecule has 2 aliphatic rings. The van der Waals surface area contributed by atoms with Gasteiger partial charge in [0, 0.05) is 51.5 Å². The molecule has 0 radical (unpaired) electrons. The van der Waals surface area contributed by atoms with E-state index in [4.69, 9.17) is 4.74 Å². The number of carbonyl (C=O) groups excluding carboxylic acids is 2. The molecule has 0 N–H and O–H groups in total. The van der Waals surface area contributed by atoms with E-state index in [0.29, 0.717) is 31.9 Å². The Labute approximate surface area is 198 Å². The number of carbonyl (C=O) groups is 2. The van der Waals surface area contributed by atoms with Gasteiger partial charge in [-0.2, -0.15) is 0 Å². The minimum atomic E-state index is -0.744. The minimum absolute atomic E-state index is 0.0676. The normalized spacial score (nSPS) is 16.6. The van der Waals surface area contributed by atoms with Crippen molar-refractivity contribution in [1.29, 1.82) is 0 Å². The Kier molecular flexibility index (Phi) is 7.56. The van der Waals surface area contributed by atoms with Crippen molar-refractivity contribution in [1.82, 2.24) is 9.88 Å². The van der Waals surface area contributed by atoms with Crippen LogP contribution in [0.5, 0.6) is 0 Å². The molecule has 10 nitrogen and oxygen atoms in total. The molecular formula is C24H29N5O5. The standard InChI is InChI=1S/C24H29N5O5/c30-23(28-15-13-27(14-16-28)22-7-3-4-10-25-22)18-34-24(31)19-8-9-20(21(17-19)29(32)33)26-11-5-1-2-6-12-26/h3-4,7-10,17H,1-2,5-6,11-16,18H2. The molecule has 0 unspecified atom stereocenters. The molecule has 1 aromatic carbocycles. The molecule has 0 atom stereocenters. The first-order valence-corrected chi connectivity index (χ1v) is 11.7. The molecule has 0 saturated carbocycles. The van der Waals surface area contributed by atoms with Gasteiger partial charge in [-0.3, -0.25) is 14.9 Å². The van der Waals surface area contributed by atoms with E-state index in [-0.39, 0.29) is 17.2 Å². The van der Waals surface area contributed by atoms with Crippen LogP contribution < -0.4 is 9.80 Å². The molecule has 4 rings (SSSR count). The Morgan fingerprint density at radius 2 is 1.68 bits per heavy atom. The summed E-state index contributed by atoms with van der Waals surface area (Å²) in [6.07, 6.45) is 5.93. The van der Waals surface area contributed by atoms with Gasteiger partial charge in [0.15, 0.2) is 6.61 Å². The molecule has 34 heavy (non-hydrogen) atoms. The van der Waals surface area contributed by atoms with E-state index in [2.05, 4.69) is 9.88 Å². The number of aromatic nitrogens is 1. The van der Waals surface area contributed by atoms with Crippen molar-refractivity contribution in [3.8, 4) is 0 Å². The second-order valence-corrected chi connectivity index (χ2v) is 8.49. The number of ether oxygens (including phenoxy) is 1. The highest BCUT2D eigenvalue weighted by Gasteiger charge is 2.25. The van der Waals surface area contributed by atoms with Gasteiger partial charge in [-0.15, -0.1) is 0 Å². The van der Waals surface area contributed by atoms with Crippen molar-refractivity contribution >= 4 is 29.1 Å². The number of hydrogen-bond donors (Lipinski definition) is 0. The van der Waals surface area contributed by atoms with E-state index in [1.165, 1.54) is 12.1 Å². The van der Waals surface area contributed by atoms with Crippen LogP contribution in [0.1, 0.15) is 36.0 Å². The van der Waals surface area contributed by atoms with Gasteiger partial charge in [0.05, 0.1) is 10.5 Å². The van der Waals surface area contributed by atoms with Crippen LogP contribution >= 0.6 is 0 Å². The Bertz CT molecular complexity index is 1020. The van der Waals surface area contributed by atoms with E-state index >= 15 is 0 Å². The molecule has 2 fully saturated rings. The number of amides is 1. The molecule has 180 valence electrons. The summed E-state index contributed by atoms with van der Waals surface area (Å²) in [7, 11) is 0. The fourth-order valence-electron chi connectivity index (χ4n) is 4.40. The number of rotatable bonds is 6. The molecule has 1 amide bonds. The molecule has 2 aliphatic heterocycles. The topological polar surface area (TPSA) is 109 Å². The molecule has 10 heteroatoms. The maximum Gasteiger partial charge on any atom is 0.338 e. The van der Waals surface area contributed by atoms with Crippen molar-refractivity contribution in [3.05, 3.63) is 58.3 Å². The van der Waals surface area contributed by atoms with Crippen LogP contribution in [0.15, 0.2) is 42.6 Å². The first-order valence-electron chi connectivity index (χ1n) is 11.7. The summed E-state index contributed by atoms with van der Waals surface area (Å²) in [5.41, 5.74) is 0.469. The third-order valence-corrected chi connectivity index (χ3v) is 6.29. The van der Waals surface area contributed by atoms with Crippen LogP contribution in [0, 0.1) is 10.1 Å². The first kappa shape index (κ1) is 23.5. The van der Waals surface area contributed by atoms with Crippen LogP contribution in [0.2, 0.25) is 0 Å². The third-order valence-electron chi connectivity index (χ3n) is 6.29. The van der Waals surface area contributed by atoms with E-state index in [1.54, 1.807) is 17.2 Å². The van der Waals surface area contributed by atoms with E-state index in [9.17, 15) is 19.7 Å². The predicted octanol–water partition coefficient (Wildman–Crippen LogP) is 2.88. The van der Waals surface area contributed by atoms with Gasteiger partial charge >= 0.3 is 5.97 Å². The maximum atomic E-state index is 12.5. The molecule has 0 bridgehead atoms. The number of pyridine rings is 1. The van der Waals surface area contributed by atoms with Crippen molar-refractivity contribution in [2.24, 2.45) is 0 Å². The van der Waals surface area contributed by atoms with Gasteiger partial charge in [0.1, 0.15) is 11.5 Å². The van der Waals surface area contributed by atoms with E-state index in [0.717, 1.165) is 44.6 Å². The number of anilines is 2. The quantitative estimate of drug-likeness (QED) is 0.362. The number of nitrogens with zero attached hydrogens (tertiary/aromatic N) is 5. The summed E-state index contributed by atoms with van der Waals surface area (Å²) in [6.45, 7) is 3.40. The number of hydrogen-bond acceptors (Lipinski definition) is 8. The smallest absolute Gasteiger partial charge is 0.338 e.